The van der Waals surface area contributed by atoms with Gasteiger partial charge in [0.1, 0.15) is 0 Å². The van der Waals surface area contributed by atoms with Crippen molar-refractivity contribution in [2.75, 3.05) is 35.4 Å². The molecule has 1 amide bonds. The summed E-state index contributed by atoms with van der Waals surface area (Å²) in [6.07, 6.45) is 6.54. The molecule has 0 atom stereocenters. The zero-order valence-electron chi connectivity index (χ0n) is 17.6. The number of fused-ring (bicyclic) bond motifs is 2. The van der Waals surface area contributed by atoms with E-state index < -0.39 is 9.84 Å². The Morgan fingerprint density at radius 1 is 1.09 bits per heavy atom. The molecule has 3 heterocycles. The van der Waals surface area contributed by atoms with Gasteiger partial charge in [0.05, 0.1) is 22.7 Å². The molecule has 8 heteroatoms. The summed E-state index contributed by atoms with van der Waals surface area (Å²) in [5.41, 5.74) is 3.23. The number of benzene rings is 1. The maximum Gasteiger partial charge on any atom is 0.258 e. The third kappa shape index (κ3) is 3.23. The Balaban J connectivity index is 1.82. The van der Waals surface area contributed by atoms with Crippen molar-refractivity contribution in [2.24, 2.45) is 0 Å². The number of hydrogen-bond donors (Lipinski definition) is 1. The predicted molar refractivity (Wildman–Crippen MR) is 126 cm³/mol. The number of rotatable bonds is 3. The lowest BCUT2D eigenvalue weighted by Gasteiger charge is -2.26. The maximum absolute atomic E-state index is 13.3. The van der Waals surface area contributed by atoms with Gasteiger partial charge in [-0.2, -0.15) is 0 Å². The van der Waals surface area contributed by atoms with Gasteiger partial charge in [0.15, 0.2) is 9.84 Å². The highest BCUT2D eigenvalue weighted by atomic mass is 32.2. The Kier molecular flexibility index (Phi) is 4.56. The number of nitrogens with one attached hydrogen (secondary N) is 1. The molecule has 0 fully saturated rings. The largest absolute Gasteiger partial charge is 0.350 e. The molecule has 32 heavy (non-hydrogen) atoms. The van der Waals surface area contributed by atoms with Crippen LogP contribution in [0.2, 0.25) is 0 Å². The molecule has 5 rings (SSSR count). The van der Waals surface area contributed by atoms with Crippen molar-refractivity contribution in [3.05, 3.63) is 81.2 Å². The molecule has 1 aromatic rings. The number of carbonyl (C=O) groups excluding carboxylic acids is 1. The standard InChI is InChI=1S/C24H21N3O4S/c1-26-12-10-16(14-32(2,30)31)17-8-9-19-20-18(25-23(28)21(20)22(17)26)11-13-27(19)24(29)15-6-4-3-5-7-15/h3-12H,13-14H2,1-2H3,(H,25,28). The minimum Gasteiger partial charge on any atom is -0.350 e. The fraction of sp³-hybridized carbons (Fsp3) is 0.167. The van der Waals surface area contributed by atoms with Crippen molar-refractivity contribution in [1.29, 1.82) is 0 Å². The number of H-pyrrole nitrogens is 1. The Bertz CT molecular complexity index is 1550. The summed E-state index contributed by atoms with van der Waals surface area (Å²) in [6.45, 7) is 0.318. The van der Waals surface area contributed by atoms with Crippen LogP contribution in [-0.4, -0.2) is 44.9 Å². The highest BCUT2D eigenvalue weighted by molar-refractivity contribution is 7.91. The second kappa shape index (κ2) is 7.20. The van der Waals surface area contributed by atoms with Crippen LogP contribution in [-0.2, 0) is 9.84 Å². The van der Waals surface area contributed by atoms with Gasteiger partial charge < -0.3 is 14.8 Å². The van der Waals surface area contributed by atoms with Crippen molar-refractivity contribution in [3.63, 3.8) is 0 Å². The van der Waals surface area contributed by atoms with Crippen LogP contribution < -0.4 is 25.9 Å². The molecule has 0 spiro atoms. The SMILES string of the molecule is CN1C=CC(CS(C)(=O)=O)=c2ccc3c4c([nH]c(=O)c-4c21)=CCN3C(=O)c1ccccc1. The van der Waals surface area contributed by atoms with E-state index >= 15 is 0 Å². The van der Waals surface area contributed by atoms with Crippen LogP contribution in [0.15, 0.2) is 59.5 Å². The Morgan fingerprint density at radius 3 is 2.56 bits per heavy atom. The van der Waals surface area contributed by atoms with Crippen molar-refractivity contribution >= 4 is 38.8 Å². The van der Waals surface area contributed by atoms with E-state index in [1.807, 2.05) is 42.3 Å². The lowest BCUT2D eigenvalue weighted by Crippen LogP contribution is -2.35. The molecule has 0 radical (unpaired) electrons. The molecular formula is C24H21N3O4S. The monoisotopic (exact) mass is 447 g/mol. The molecule has 0 bridgehead atoms. The van der Waals surface area contributed by atoms with Crippen LogP contribution >= 0.6 is 0 Å². The summed E-state index contributed by atoms with van der Waals surface area (Å²) in [7, 11) is -1.47. The second-order valence-electron chi connectivity index (χ2n) is 8.11. The van der Waals surface area contributed by atoms with E-state index in [-0.39, 0.29) is 17.2 Å². The van der Waals surface area contributed by atoms with E-state index in [9.17, 15) is 18.0 Å². The number of aromatic amines is 1. The fourth-order valence-corrected chi connectivity index (χ4v) is 5.25. The summed E-state index contributed by atoms with van der Waals surface area (Å²) >= 11 is 0. The first-order valence-electron chi connectivity index (χ1n) is 10.1. The van der Waals surface area contributed by atoms with Gasteiger partial charge in [0.25, 0.3) is 11.5 Å². The summed E-state index contributed by atoms with van der Waals surface area (Å²) in [5, 5.41) is 1.33. The molecule has 1 aliphatic carbocycles. The first-order valence-corrected chi connectivity index (χ1v) is 12.2. The van der Waals surface area contributed by atoms with Crippen molar-refractivity contribution < 1.29 is 13.2 Å². The van der Waals surface area contributed by atoms with Crippen LogP contribution in [0.25, 0.3) is 22.8 Å². The number of sulfone groups is 1. The third-order valence-electron chi connectivity index (χ3n) is 5.80. The molecule has 1 aromatic carbocycles. The molecule has 3 aliphatic heterocycles. The van der Waals surface area contributed by atoms with E-state index in [1.165, 1.54) is 6.26 Å². The van der Waals surface area contributed by atoms with Crippen LogP contribution in [0, 0.1) is 0 Å². The summed E-state index contributed by atoms with van der Waals surface area (Å²) in [4.78, 5) is 32.8. The normalized spacial score (nSPS) is 15.0. The number of anilines is 2. The number of hydrogen-bond acceptors (Lipinski definition) is 5. The van der Waals surface area contributed by atoms with Gasteiger partial charge in [-0.15, -0.1) is 0 Å². The summed E-state index contributed by atoms with van der Waals surface area (Å²) < 4.78 is 24.1. The quantitative estimate of drug-likeness (QED) is 0.649. The summed E-state index contributed by atoms with van der Waals surface area (Å²) in [6, 6.07) is 12.6. The molecule has 4 aliphatic rings. The van der Waals surface area contributed by atoms with Gasteiger partial charge in [-0.25, -0.2) is 8.42 Å². The number of amides is 1. The van der Waals surface area contributed by atoms with Crippen LogP contribution in [0.3, 0.4) is 0 Å². The topological polar surface area (TPSA) is 90.6 Å². The van der Waals surface area contributed by atoms with Crippen molar-refractivity contribution in [3.8, 4) is 11.1 Å². The van der Waals surface area contributed by atoms with E-state index in [1.54, 1.807) is 35.4 Å². The zero-order chi connectivity index (χ0) is 22.6. The fourth-order valence-electron chi connectivity index (χ4n) is 4.43. The van der Waals surface area contributed by atoms with Gasteiger partial charge >= 0.3 is 0 Å². The Hall–Kier alpha value is -3.65. The first-order chi connectivity index (χ1) is 15.2. The number of nitrogens with zero attached hydrogens (tertiary/aromatic N) is 2. The second-order valence-corrected chi connectivity index (χ2v) is 10.2. The van der Waals surface area contributed by atoms with Crippen LogP contribution in [0.1, 0.15) is 10.4 Å². The van der Waals surface area contributed by atoms with E-state index in [0.717, 1.165) is 0 Å². The molecule has 0 unspecified atom stereocenters. The molecule has 7 nitrogen and oxygen atoms in total. The van der Waals surface area contributed by atoms with E-state index in [4.69, 9.17) is 0 Å². The average molecular weight is 448 g/mol. The van der Waals surface area contributed by atoms with Crippen LogP contribution in [0.5, 0.6) is 0 Å². The van der Waals surface area contributed by atoms with E-state index in [2.05, 4.69) is 4.98 Å². The molecule has 162 valence electrons. The molecule has 0 saturated carbocycles. The maximum atomic E-state index is 13.3. The lowest BCUT2D eigenvalue weighted by molar-refractivity contribution is 0.0990. The molecule has 1 N–H and O–H groups in total. The minimum absolute atomic E-state index is 0.143. The Morgan fingerprint density at radius 2 is 1.84 bits per heavy atom. The van der Waals surface area contributed by atoms with Gasteiger partial charge in [0.2, 0.25) is 0 Å². The van der Waals surface area contributed by atoms with Crippen molar-refractivity contribution in [1.82, 2.24) is 4.98 Å². The molecule has 0 saturated heterocycles. The average Bonchev–Trinajstić information content (AvgIpc) is 2.96. The number of allylic oxidation sites excluding steroid dienone is 1. The highest BCUT2D eigenvalue weighted by Gasteiger charge is 2.30. The highest BCUT2D eigenvalue weighted by Crippen LogP contribution is 2.35. The number of carbonyl (C=O) groups is 1. The van der Waals surface area contributed by atoms with Gasteiger partial charge in [0, 0.05) is 47.7 Å². The molecular weight excluding hydrogens is 426 g/mol. The number of aromatic nitrogens is 1. The smallest absolute Gasteiger partial charge is 0.258 e. The third-order valence-corrected chi connectivity index (χ3v) is 6.64. The first kappa shape index (κ1) is 20.3. The lowest BCUT2D eigenvalue weighted by atomic mass is 10.0. The van der Waals surface area contributed by atoms with Gasteiger partial charge in [-0.05, 0) is 35.9 Å². The van der Waals surface area contributed by atoms with Crippen LogP contribution in [0.4, 0.5) is 11.4 Å². The molecule has 0 aromatic heterocycles. The van der Waals surface area contributed by atoms with Gasteiger partial charge in [-0.3, -0.25) is 9.59 Å². The predicted octanol–water partition coefficient (Wildman–Crippen LogP) is 1.08. The van der Waals surface area contributed by atoms with Gasteiger partial charge in [-0.1, -0.05) is 24.3 Å². The van der Waals surface area contributed by atoms with Crippen molar-refractivity contribution in [2.45, 2.75) is 0 Å². The summed E-state index contributed by atoms with van der Waals surface area (Å²) in [5.74, 6) is -0.312. The Labute approximate surface area is 184 Å². The minimum atomic E-state index is -3.29. The zero-order valence-corrected chi connectivity index (χ0v) is 18.4. The van der Waals surface area contributed by atoms with E-state index in [0.29, 0.717) is 50.8 Å².